The highest BCUT2D eigenvalue weighted by molar-refractivity contribution is 6.46. The highest BCUT2D eigenvalue weighted by Gasteiger charge is 2.46. The summed E-state index contributed by atoms with van der Waals surface area (Å²) in [4.78, 5) is 36.8. The number of ether oxygens (including phenoxy) is 1. The van der Waals surface area contributed by atoms with Crippen molar-refractivity contribution < 1.29 is 33.9 Å². The van der Waals surface area contributed by atoms with Crippen molar-refractivity contribution >= 4 is 23.1 Å². The maximum Gasteiger partial charge on any atom is 0.295 e. The van der Waals surface area contributed by atoms with Gasteiger partial charge in [-0.15, -0.1) is 0 Å². The summed E-state index contributed by atoms with van der Waals surface area (Å²) in [6, 6.07) is 9.04. The summed E-state index contributed by atoms with van der Waals surface area (Å²) < 4.78 is 19.1. The first kappa shape index (κ1) is 22.1. The first-order chi connectivity index (χ1) is 14.8. The van der Waals surface area contributed by atoms with Gasteiger partial charge in [0.05, 0.1) is 36.4 Å². The molecule has 1 atom stereocenters. The minimum absolute atomic E-state index is 0.0109. The lowest BCUT2D eigenvalue weighted by molar-refractivity contribution is -0.384. The molecular formula is C21H19FN2O7. The van der Waals surface area contributed by atoms with Gasteiger partial charge in [-0.2, -0.15) is 0 Å². The number of aliphatic hydroxyl groups excluding tert-OH is 2. The second-order valence-electron chi connectivity index (χ2n) is 6.69. The van der Waals surface area contributed by atoms with Crippen LogP contribution in [0.1, 0.15) is 17.2 Å². The van der Waals surface area contributed by atoms with Gasteiger partial charge in [0, 0.05) is 24.2 Å². The molecule has 0 saturated carbocycles. The molecule has 0 aromatic heterocycles. The number of amides is 1. The normalized spacial score (nSPS) is 17.9. The van der Waals surface area contributed by atoms with E-state index in [0.717, 1.165) is 23.1 Å². The molecule has 1 heterocycles. The van der Waals surface area contributed by atoms with Crippen LogP contribution in [0, 0.1) is 15.9 Å². The Balaban J connectivity index is 2.06. The van der Waals surface area contributed by atoms with Crippen LogP contribution in [0.4, 0.5) is 10.1 Å². The molecule has 1 amide bonds. The van der Waals surface area contributed by atoms with E-state index in [2.05, 4.69) is 0 Å². The van der Waals surface area contributed by atoms with E-state index in [-0.39, 0.29) is 48.8 Å². The number of carbonyl (C=O) groups is 2. The number of hydrogen-bond donors (Lipinski definition) is 2. The first-order valence-electron chi connectivity index (χ1n) is 9.32. The summed E-state index contributed by atoms with van der Waals surface area (Å²) in [5.41, 5.74) is -0.0994. The van der Waals surface area contributed by atoms with Crippen LogP contribution < -0.4 is 0 Å². The minimum atomic E-state index is -1.08. The Morgan fingerprint density at radius 2 is 1.87 bits per heavy atom. The molecule has 2 aromatic rings. The van der Waals surface area contributed by atoms with Gasteiger partial charge in [-0.3, -0.25) is 19.7 Å². The lowest BCUT2D eigenvalue weighted by Crippen LogP contribution is -2.33. The average Bonchev–Trinajstić information content (AvgIpc) is 3.01. The predicted molar refractivity (Wildman–Crippen MR) is 106 cm³/mol. The average molecular weight is 430 g/mol. The molecule has 1 saturated heterocycles. The minimum Gasteiger partial charge on any atom is -0.507 e. The van der Waals surface area contributed by atoms with Crippen molar-refractivity contribution in [1.82, 2.24) is 4.90 Å². The lowest BCUT2D eigenvalue weighted by atomic mass is 9.95. The predicted octanol–water partition coefficient (Wildman–Crippen LogP) is 2.16. The van der Waals surface area contributed by atoms with Crippen LogP contribution in [0.2, 0.25) is 0 Å². The van der Waals surface area contributed by atoms with E-state index >= 15 is 0 Å². The number of benzene rings is 2. The summed E-state index contributed by atoms with van der Waals surface area (Å²) in [6.45, 7) is -0.205. The maximum absolute atomic E-state index is 13.9. The van der Waals surface area contributed by atoms with Crippen LogP contribution in [0.3, 0.4) is 0 Å². The Kier molecular flexibility index (Phi) is 6.73. The topological polar surface area (TPSA) is 130 Å². The summed E-state index contributed by atoms with van der Waals surface area (Å²) in [7, 11) is 0. The summed E-state index contributed by atoms with van der Waals surface area (Å²) in [5, 5.41) is 30.5. The SMILES string of the molecule is O=C1C(=O)N(CCOCCO)[C@H](c2cccc(F)c2)C1=C(O)c1ccc([N+](=O)[O-])cc1. The number of Topliss-reactive ketones (excluding diaryl/α,β-unsaturated/α-hetero) is 1. The Bertz CT molecular complexity index is 1040. The van der Waals surface area contributed by atoms with Crippen molar-refractivity contribution in [3.8, 4) is 0 Å². The van der Waals surface area contributed by atoms with Crippen molar-refractivity contribution in [3.05, 3.63) is 81.2 Å². The molecule has 2 N–H and O–H groups in total. The zero-order chi connectivity index (χ0) is 22.5. The Morgan fingerprint density at radius 3 is 2.48 bits per heavy atom. The number of ketones is 1. The Labute approximate surface area is 176 Å². The van der Waals surface area contributed by atoms with Crippen LogP contribution in [0.25, 0.3) is 5.76 Å². The van der Waals surface area contributed by atoms with Crippen LogP contribution >= 0.6 is 0 Å². The third-order valence-electron chi connectivity index (χ3n) is 4.77. The van der Waals surface area contributed by atoms with E-state index in [1.165, 1.54) is 30.3 Å². The highest BCUT2D eigenvalue weighted by Crippen LogP contribution is 2.39. The van der Waals surface area contributed by atoms with Gasteiger partial charge in [0.1, 0.15) is 11.6 Å². The second-order valence-corrected chi connectivity index (χ2v) is 6.69. The van der Waals surface area contributed by atoms with Crippen molar-refractivity contribution in [2.45, 2.75) is 6.04 Å². The van der Waals surface area contributed by atoms with Crippen LogP contribution in [0.15, 0.2) is 54.1 Å². The number of carbonyl (C=O) groups excluding carboxylic acids is 2. The zero-order valence-corrected chi connectivity index (χ0v) is 16.2. The number of nitrogens with zero attached hydrogens (tertiary/aromatic N) is 2. The quantitative estimate of drug-likeness (QED) is 0.164. The van der Waals surface area contributed by atoms with E-state index in [1.807, 2.05) is 0 Å². The van der Waals surface area contributed by atoms with Gasteiger partial charge >= 0.3 is 0 Å². The number of nitro groups is 1. The first-order valence-corrected chi connectivity index (χ1v) is 9.32. The molecule has 3 rings (SSSR count). The molecule has 0 spiro atoms. The number of rotatable bonds is 8. The molecule has 2 aromatic carbocycles. The molecule has 1 fully saturated rings. The van der Waals surface area contributed by atoms with Gasteiger partial charge in [-0.05, 0) is 29.8 Å². The fourth-order valence-corrected chi connectivity index (χ4v) is 3.36. The van der Waals surface area contributed by atoms with Gasteiger partial charge in [0.2, 0.25) is 0 Å². The molecule has 0 unspecified atom stereocenters. The Morgan fingerprint density at radius 1 is 1.16 bits per heavy atom. The van der Waals surface area contributed by atoms with Crippen molar-refractivity contribution in [1.29, 1.82) is 0 Å². The van der Waals surface area contributed by atoms with Gasteiger partial charge < -0.3 is 19.8 Å². The number of non-ortho nitro benzene ring substituents is 1. The number of likely N-dealkylation sites (tertiary alicyclic amines) is 1. The van der Waals surface area contributed by atoms with Gasteiger partial charge in [0.25, 0.3) is 17.4 Å². The molecule has 0 radical (unpaired) electrons. The Hall–Kier alpha value is -3.63. The van der Waals surface area contributed by atoms with Crippen molar-refractivity contribution in [2.24, 2.45) is 0 Å². The number of nitro benzene ring substituents is 1. The largest absolute Gasteiger partial charge is 0.507 e. The van der Waals surface area contributed by atoms with E-state index in [1.54, 1.807) is 0 Å². The zero-order valence-electron chi connectivity index (χ0n) is 16.2. The van der Waals surface area contributed by atoms with E-state index in [4.69, 9.17) is 9.84 Å². The summed E-state index contributed by atoms with van der Waals surface area (Å²) in [5.74, 6) is -2.98. The summed E-state index contributed by atoms with van der Waals surface area (Å²) in [6.07, 6.45) is 0. The smallest absolute Gasteiger partial charge is 0.295 e. The summed E-state index contributed by atoms with van der Waals surface area (Å²) >= 11 is 0. The molecule has 0 bridgehead atoms. The molecule has 10 heteroatoms. The number of aliphatic hydroxyl groups is 2. The van der Waals surface area contributed by atoms with Crippen LogP contribution in [0.5, 0.6) is 0 Å². The van der Waals surface area contributed by atoms with Crippen LogP contribution in [-0.4, -0.2) is 58.1 Å². The molecular weight excluding hydrogens is 411 g/mol. The van der Waals surface area contributed by atoms with E-state index in [9.17, 15) is 29.2 Å². The van der Waals surface area contributed by atoms with Crippen LogP contribution in [-0.2, 0) is 14.3 Å². The van der Waals surface area contributed by atoms with Gasteiger partial charge in [-0.25, -0.2) is 4.39 Å². The van der Waals surface area contributed by atoms with Crippen molar-refractivity contribution in [3.63, 3.8) is 0 Å². The molecule has 9 nitrogen and oxygen atoms in total. The molecule has 31 heavy (non-hydrogen) atoms. The fraction of sp³-hybridized carbons (Fsp3) is 0.238. The number of halogens is 1. The van der Waals surface area contributed by atoms with Gasteiger partial charge in [-0.1, -0.05) is 12.1 Å². The van der Waals surface area contributed by atoms with E-state index < -0.39 is 34.2 Å². The maximum atomic E-state index is 13.9. The third kappa shape index (κ3) is 4.60. The highest BCUT2D eigenvalue weighted by atomic mass is 19.1. The fourth-order valence-electron chi connectivity index (χ4n) is 3.36. The number of hydrogen-bond acceptors (Lipinski definition) is 7. The van der Waals surface area contributed by atoms with Gasteiger partial charge in [0.15, 0.2) is 0 Å². The third-order valence-corrected chi connectivity index (χ3v) is 4.77. The molecule has 162 valence electrons. The second kappa shape index (κ2) is 9.45. The standard InChI is InChI=1S/C21H19FN2O7/c22-15-3-1-2-14(12-15)18-17(19(26)13-4-6-16(7-5-13)24(29)30)20(27)21(28)23(18)8-10-31-11-9-25/h1-7,12,18,25-26H,8-11H2/t18-/m1/s1. The van der Waals surface area contributed by atoms with E-state index in [0.29, 0.717) is 0 Å². The molecule has 1 aliphatic rings. The molecule has 0 aliphatic carbocycles. The lowest BCUT2D eigenvalue weighted by Gasteiger charge is -2.25. The van der Waals surface area contributed by atoms with Crippen molar-refractivity contribution in [2.75, 3.05) is 26.4 Å². The molecule has 1 aliphatic heterocycles. The monoisotopic (exact) mass is 430 g/mol.